The maximum absolute atomic E-state index is 12.3. The molecular weight excluding hydrogens is 284 g/mol. The topological polar surface area (TPSA) is 90.6 Å². The van der Waals surface area contributed by atoms with Gasteiger partial charge in [0.05, 0.1) is 0 Å². The van der Waals surface area contributed by atoms with E-state index in [2.05, 4.69) is 9.97 Å². The SMILES string of the molecule is CN(Cc1ccc2c(c1)OCCO2)C(=O)c1nccnc1N. The third kappa shape index (κ3) is 2.78. The molecule has 0 atom stereocenters. The minimum absolute atomic E-state index is 0.126. The fourth-order valence-electron chi connectivity index (χ4n) is 2.23. The highest BCUT2D eigenvalue weighted by Gasteiger charge is 2.18. The molecule has 2 heterocycles. The highest BCUT2D eigenvalue weighted by molar-refractivity contribution is 5.96. The van der Waals surface area contributed by atoms with Crippen LogP contribution < -0.4 is 15.2 Å². The molecule has 0 spiro atoms. The van der Waals surface area contributed by atoms with Crippen molar-refractivity contribution in [2.24, 2.45) is 0 Å². The fourth-order valence-corrected chi connectivity index (χ4v) is 2.23. The molecular formula is C15H16N4O3. The molecule has 0 saturated carbocycles. The number of anilines is 1. The number of nitrogens with two attached hydrogens (primary N) is 1. The van der Waals surface area contributed by atoms with E-state index in [4.69, 9.17) is 15.2 Å². The molecule has 2 aromatic rings. The van der Waals surface area contributed by atoms with Gasteiger partial charge >= 0.3 is 0 Å². The van der Waals surface area contributed by atoms with Crippen molar-refractivity contribution in [3.63, 3.8) is 0 Å². The van der Waals surface area contributed by atoms with Crippen molar-refractivity contribution in [1.82, 2.24) is 14.9 Å². The van der Waals surface area contributed by atoms with Gasteiger partial charge in [-0.15, -0.1) is 0 Å². The van der Waals surface area contributed by atoms with Crippen LogP contribution in [0.1, 0.15) is 16.1 Å². The van der Waals surface area contributed by atoms with Crippen molar-refractivity contribution in [3.05, 3.63) is 41.9 Å². The Labute approximate surface area is 127 Å². The summed E-state index contributed by atoms with van der Waals surface area (Å²) >= 11 is 0. The van der Waals surface area contributed by atoms with E-state index in [0.717, 1.165) is 11.3 Å². The summed E-state index contributed by atoms with van der Waals surface area (Å²) in [5, 5.41) is 0. The minimum Gasteiger partial charge on any atom is -0.486 e. The van der Waals surface area contributed by atoms with Crippen LogP contribution >= 0.6 is 0 Å². The summed E-state index contributed by atoms with van der Waals surface area (Å²) in [4.78, 5) is 21.7. The van der Waals surface area contributed by atoms with Gasteiger partial charge in [-0.2, -0.15) is 0 Å². The summed E-state index contributed by atoms with van der Waals surface area (Å²) in [5.41, 5.74) is 6.77. The van der Waals surface area contributed by atoms with E-state index in [1.54, 1.807) is 7.05 Å². The normalized spacial score (nSPS) is 12.8. The highest BCUT2D eigenvalue weighted by atomic mass is 16.6. The summed E-state index contributed by atoms with van der Waals surface area (Å²) in [6.45, 7) is 1.49. The first kappa shape index (κ1) is 14.1. The second kappa shape index (κ2) is 5.88. The van der Waals surface area contributed by atoms with Crippen LogP contribution in [0.15, 0.2) is 30.6 Å². The zero-order valence-corrected chi connectivity index (χ0v) is 12.2. The maximum Gasteiger partial charge on any atom is 0.276 e. The zero-order chi connectivity index (χ0) is 15.5. The zero-order valence-electron chi connectivity index (χ0n) is 12.2. The minimum atomic E-state index is -0.277. The Morgan fingerprint density at radius 2 is 1.95 bits per heavy atom. The number of benzene rings is 1. The van der Waals surface area contributed by atoms with Gasteiger partial charge in [-0.05, 0) is 17.7 Å². The predicted molar refractivity (Wildman–Crippen MR) is 79.7 cm³/mol. The number of nitrogens with zero attached hydrogens (tertiary/aromatic N) is 3. The number of ether oxygens (including phenoxy) is 2. The summed E-state index contributed by atoms with van der Waals surface area (Å²) in [6, 6.07) is 5.62. The molecule has 114 valence electrons. The number of aromatic nitrogens is 2. The third-order valence-electron chi connectivity index (χ3n) is 3.30. The van der Waals surface area contributed by atoms with E-state index >= 15 is 0 Å². The number of hydrogen-bond donors (Lipinski definition) is 1. The lowest BCUT2D eigenvalue weighted by Gasteiger charge is -2.21. The average Bonchev–Trinajstić information content (AvgIpc) is 2.54. The standard InChI is InChI=1S/C15H16N4O3/c1-19(15(20)13-14(16)18-5-4-17-13)9-10-2-3-11-12(8-10)22-7-6-21-11/h2-5,8H,6-7,9H2,1H3,(H2,16,18). The third-order valence-corrected chi connectivity index (χ3v) is 3.30. The first-order valence-corrected chi connectivity index (χ1v) is 6.85. The van der Waals surface area contributed by atoms with Crippen LogP contribution in [0.3, 0.4) is 0 Å². The van der Waals surface area contributed by atoms with E-state index < -0.39 is 0 Å². The van der Waals surface area contributed by atoms with Gasteiger partial charge in [0.15, 0.2) is 23.0 Å². The van der Waals surface area contributed by atoms with Gasteiger partial charge < -0.3 is 20.1 Å². The smallest absolute Gasteiger partial charge is 0.276 e. The van der Waals surface area contributed by atoms with E-state index in [1.807, 2.05) is 18.2 Å². The first-order chi connectivity index (χ1) is 10.6. The Morgan fingerprint density at radius 3 is 2.73 bits per heavy atom. The quantitative estimate of drug-likeness (QED) is 0.913. The molecule has 0 bridgehead atoms. The van der Waals surface area contributed by atoms with Crippen LogP contribution in [0.25, 0.3) is 0 Å². The van der Waals surface area contributed by atoms with E-state index in [0.29, 0.717) is 25.5 Å². The summed E-state index contributed by atoms with van der Waals surface area (Å²) in [7, 11) is 1.69. The Balaban J connectivity index is 1.75. The van der Waals surface area contributed by atoms with Crippen molar-refractivity contribution < 1.29 is 14.3 Å². The number of nitrogen functional groups attached to an aromatic ring is 1. The molecule has 1 amide bonds. The molecule has 0 saturated heterocycles. The molecule has 2 N–H and O–H groups in total. The van der Waals surface area contributed by atoms with Gasteiger partial charge in [0.25, 0.3) is 5.91 Å². The number of amides is 1. The molecule has 22 heavy (non-hydrogen) atoms. The molecule has 0 aliphatic carbocycles. The molecule has 3 rings (SSSR count). The predicted octanol–water partition coefficient (Wildman–Crippen LogP) is 1.10. The van der Waals surface area contributed by atoms with Crippen molar-refractivity contribution in [3.8, 4) is 11.5 Å². The van der Waals surface area contributed by atoms with E-state index in [-0.39, 0.29) is 17.4 Å². The molecule has 1 aliphatic heterocycles. The van der Waals surface area contributed by atoms with Crippen molar-refractivity contribution in [2.45, 2.75) is 6.54 Å². The second-order valence-electron chi connectivity index (χ2n) is 4.93. The number of hydrogen-bond acceptors (Lipinski definition) is 6. The number of rotatable bonds is 3. The van der Waals surface area contributed by atoms with Gasteiger partial charge in [0.2, 0.25) is 0 Å². The Hall–Kier alpha value is -2.83. The van der Waals surface area contributed by atoms with Crippen LogP contribution in [0.4, 0.5) is 5.82 Å². The molecule has 0 unspecified atom stereocenters. The summed E-state index contributed by atoms with van der Waals surface area (Å²) in [5.74, 6) is 1.27. The van der Waals surface area contributed by atoms with Crippen molar-refractivity contribution in [2.75, 3.05) is 26.0 Å². The summed E-state index contributed by atoms with van der Waals surface area (Å²) in [6.07, 6.45) is 2.90. The number of fused-ring (bicyclic) bond motifs is 1. The molecule has 1 aromatic heterocycles. The van der Waals surface area contributed by atoms with Crippen LogP contribution in [0, 0.1) is 0 Å². The molecule has 0 radical (unpaired) electrons. The first-order valence-electron chi connectivity index (χ1n) is 6.85. The molecule has 1 aliphatic rings. The van der Waals surface area contributed by atoms with E-state index in [9.17, 15) is 4.79 Å². The van der Waals surface area contributed by atoms with E-state index in [1.165, 1.54) is 17.3 Å². The molecule has 1 aromatic carbocycles. The fraction of sp³-hybridized carbons (Fsp3) is 0.267. The lowest BCUT2D eigenvalue weighted by Crippen LogP contribution is -2.28. The van der Waals surface area contributed by atoms with Gasteiger partial charge in [0, 0.05) is 26.0 Å². The van der Waals surface area contributed by atoms with Crippen molar-refractivity contribution in [1.29, 1.82) is 0 Å². The molecule has 7 heteroatoms. The van der Waals surface area contributed by atoms with Gasteiger partial charge in [-0.1, -0.05) is 6.07 Å². The number of carbonyl (C=O) groups is 1. The van der Waals surface area contributed by atoms with Gasteiger partial charge in [-0.25, -0.2) is 9.97 Å². The van der Waals surface area contributed by atoms with Crippen LogP contribution in [-0.4, -0.2) is 41.0 Å². The van der Waals surface area contributed by atoms with Crippen LogP contribution in [0.2, 0.25) is 0 Å². The maximum atomic E-state index is 12.3. The average molecular weight is 300 g/mol. The van der Waals surface area contributed by atoms with Crippen LogP contribution in [0.5, 0.6) is 11.5 Å². The monoisotopic (exact) mass is 300 g/mol. The highest BCUT2D eigenvalue weighted by Crippen LogP contribution is 2.31. The Morgan fingerprint density at radius 1 is 1.23 bits per heavy atom. The second-order valence-corrected chi connectivity index (χ2v) is 4.93. The Kier molecular flexibility index (Phi) is 3.78. The summed E-state index contributed by atoms with van der Waals surface area (Å²) < 4.78 is 11.0. The molecule has 0 fully saturated rings. The van der Waals surface area contributed by atoms with Gasteiger partial charge in [-0.3, -0.25) is 4.79 Å². The number of carbonyl (C=O) groups excluding carboxylic acids is 1. The Bertz CT molecular complexity index is 705. The lowest BCUT2D eigenvalue weighted by molar-refractivity contribution is 0.0779. The van der Waals surface area contributed by atoms with Crippen LogP contribution in [-0.2, 0) is 6.54 Å². The molecule has 7 nitrogen and oxygen atoms in total. The van der Waals surface area contributed by atoms with Crippen molar-refractivity contribution >= 4 is 11.7 Å². The largest absolute Gasteiger partial charge is 0.486 e. The lowest BCUT2D eigenvalue weighted by atomic mass is 10.1. The van der Waals surface area contributed by atoms with Gasteiger partial charge in [0.1, 0.15) is 13.2 Å².